The Bertz CT molecular complexity index is 1430. The fourth-order valence-electron chi connectivity index (χ4n) is 4.06. The molecule has 1 aliphatic rings. The van der Waals surface area contributed by atoms with Gasteiger partial charge in [0.05, 0.1) is 23.2 Å². The van der Waals surface area contributed by atoms with Crippen molar-refractivity contribution in [2.45, 2.75) is 6.04 Å². The lowest BCUT2D eigenvalue weighted by atomic mass is 9.96. The molecule has 7 heteroatoms. The van der Waals surface area contributed by atoms with Gasteiger partial charge in [0.1, 0.15) is 5.76 Å². The molecule has 0 spiro atoms. The SMILES string of the molecule is N#Cc1ccc(N2C(=O)C(=O)/C(=C(\O)c3c[nH]c4ccccc34)C2c2cccnc2)cc1. The van der Waals surface area contributed by atoms with Crippen LogP contribution < -0.4 is 4.90 Å². The lowest BCUT2D eigenvalue weighted by Gasteiger charge is -2.25. The van der Waals surface area contributed by atoms with E-state index in [4.69, 9.17) is 5.26 Å². The molecule has 1 saturated heterocycles. The molecule has 1 atom stereocenters. The Hall–Kier alpha value is -4.70. The number of hydrogen-bond acceptors (Lipinski definition) is 5. The first-order valence-electron chi connectivity index (χ1n) is 9.87. The molecule has 1 fully saturated rings. The average molecular weight is 420 g/mol. The zero-order valence-corrected chi connectivity index (χ0v) is 16.7. The number of aliphatic hydroxyl groups is 1. The monoisotopic (exact) mass is 420 g/mol. The molecular formula is C25H16N4O3. The van der Waals surface area contributed by atoms with E-state index in [1.54, 1.807) is 55.0 Å². The van der Waals surface area contributed by atoms with Crippen LogP contribution in [-0.4, -0.2) is 26.8 Å². The predicted octanol–water partition coefficient (Wildman–Crippen LogP) is 4.06. The highest BCUT2D eigenvalue weighted by Crippen LogP contribution is 2.42. The third-order valence-electron chi connectivity index (χ3n) is 5.56. The van der Waals surface area contributed by atoms with E-state index in [0.717, 1.165) is 10.9 Å². The Morgan fingerprint density at radius 3 is 2.56 bits per heavy atom. The summed E-state index contributed by atoms with van der Waals surface area (Å²) in [6, 6.07) is 18.4. The van der Waals surface area contributed by atoms with Gasteiger partial charge in [-0.1, -0.05) is 24.3 Å². The van der Waals surface area contributed by atoms with Crippen molar-refractivity contribution < 1.29 is 14.7 Å². The second-order valence-electron chi connectivity index (χ2n) is 7.36. The third kappa shape index (κ3) is 2.94. The van der Waals surface area contributed by atoms with Crippen LogP contribution in [0.15, 0.2) is 84.8 Å². The molecule has 0 saturated carbocycles. The predicted molar refractivity (Wildman–Crippen MR) is 118 cm³/mol. The summed E-state index contributed by atoms with van der Waals surface area (Å²) in [5, 5.41) is 21.1. The summed E-state index contributed by atoms with van der Waals surface area (Å²) < 4.78 is 0. The fourth-order valence-corrected chi connectivity index (χ4v) is 4.06. The molecule has 3 heterocycles. The van der Waals surface area contributed by atoms with Crippen molar-refractivity contribution in [2.75, 3.05) is 4.90 Å². The van der Waals surface area contributed by atoms with E-state index in [9.17, 15) is 14.7 Å². The summed E-state index contributed by atoms with van der Waals surface area (Å²) in [6.45, 7) is 0. The number of aromatic nitrogens is 2. The number of anilines is 1. The number of rotatable bonds is 3. The average Bonchev–Trinajstić information content (AvgIpc) is 3.38. The highest BCUT2D eigenvalue weighted by molar-refractivity contribution is 6.51. The van der Waals surface area contributed by atoms with Crippen LogP contribution in [0.2, 0.25) is 0 Å². The van der Waals surface area contributed by atoms with Crippen LogP contribution in [0.1, 0.15) is 22.7 Å². The number of ketones is 1. The highest BCUT2D eigenvalue weighted by atomic mass is 16.3. The Morgan fingerprint density at radius 1 is 1.06 bits per heavy atom. The number of fused-ring (bicyclic) bond motifs is 1. The maximum atomic E-state index is 13.2. The lowest BCUT2D eigenvalue weighted by Crippen LogP contribution is -2.29. The van der Waals surface area contributed by atoms with Crippen LogP contribution in [-0.2, 0) is 9.59 Å². The number of H-pyrrole nitrogens is 1. The van der Waals surface area contributed by atoms with E-state index in [1.165, 1.54) is 4.90 Å². The van der Waals surface area contributed by atoms with Crippen molar-refractivity contribution in [1.29, 1.82) is 5.26 Å². The number of carbonyl (C=O) groups excluding carboxylic acids is 2. The van der Waals surface area contributed by atoms with E-state index in [0.29, 0.717) is 22.4 Å². The molecule has 2 aromatic carbocycles. The number of amides is 1. The summed E-state index contributed by atoms with van der Waals surface area (Å²) >= 11 is 0. The maximum Gasteiger partial charge on any atom is 0.300 e. The summed E-state index contributed by atoms with van der Waals surface area (Å²) in [7, 11) is 0. The molecule has 1 unspecified atom stereocenters. The minimum absolute atomic E-state index is 0.0166. The Labute approximate surface area is 182 Å². The van der Waals surface area contributed by atoms with E-state index < -0.39 is 17.7 Å². The van der Waals surface area contributed by atoms with Gasteiger partial charge in [0, 0.05) is 40.7 Å². The summed E-state index contributed by atoms with van der Waals surface area (Å²) in [6.07, 6.45) is 4.78. The molecule has 0 aliphatic carbocycles. The van der Waals surface area contributed by atoms with Crippen molar-refractivity contribution in [2.24, 2.45) is 0 Å². The minimum Gasteiger partial charge on any atom is -0.507 e. The molecule has 1 amide bonds. The Balaban J connectivity index is 1.74. The largest absolute Gasteiger partial charge is 0.507 e. The van der Waals surface area contributed by atoms with Crippen LogP contribution in [0.5, 0.6) is 0 Å². The molecule has 154 valence electrons. The number of Topliss-reactive ketones (excluding diaryl/α,β-unsaturated/α-hetero) is 1. The van der Waals surface area contributed by atoms with Crippen LogP contribution in [0, 0.1) is 11.3 Å². The molecule has 0 bridgehead atoms. The molecule has 2 aromatic heterocycles. The number of aliphatic hydroxyl groups excluding tert-OH is 1. The van der Waals surface area contributed by atoms with Gasteiger partial charge in [-0.2, -0.15) is 5.26 Å². The van der Waals surface area contributed by atoms with Crippen LogP contribution >= 0.6 is 0 Å². The van der Waals surface area contributed by atoms with Crippen molar-refractivity contribution >= 4 is 34.0 Å². The van der Waals surface area contributed by atoms with E-state index in [-0.39, 0.29) is 11.3 Å². The second-order valence-corrected chi connectivity index (χ2v) is 7.36. The number of pyridine rings is 1. The number of nitriles is 1. The maximum absolute atomic E-state index is 13.2. The van der Waals surface area contributed by atoms with Gasteiger partial charge in [-0.05, 0) is 42.0 Å². The molecule has 2 N–H and O–H groups in total. The number of nitrogens with zero attached hydrogens (tertiary/aromatic N) is 3. The number of para-hydroxylation sites is 1. The number of carbonyl (C=O) groups is 2. The van der Waals surface area contributed by atoms with Gasteiger partial charge in [-0.25, -0.2) is 0 Å². The zero-order chi connectivity index (χ0) is 22.2. The minimum atomic E-state index is -0.870. The van der Waals surface area contributed by atoms with Gasteiger partial charge in [-0.15, -0.1) is 0 Å². The topological polar surface area (TPSA) is 110 Å². The quantitative estimate of drug-likeness (QED) is 0.295. The van der Waals surface area contributed by atoms with Crippen molar-refractivity contribution in [3.8, 4) is 6.07 Å². The summed E-state index contributed by atoms with van der Waals surface area (Å²) in [5.74, 6) is -1.80. The van der Waals surface area contributed by atoms with E-state index >= 15 is 0 Å². The number of benzene rings is 2. The fraction of sp³-hybridized carbons (Fsp3) is 0.0400. The first-order valence-corrected chi connectivity index (χ1v) is 9.87. The molecule has 5 rings (SSSR count). The van der Waals surface area contributed by atoms with Gasteiger partial charge in [0.25, 0.3) is 11.7 Å². The van der Waals surface area contributed by atoms with Crippen LogP contribution in [0.25, 0.3) is 16.7 Å². The molecule has 1 aliphatic heterocycles. The van der Waals surface area contributed by atoms with Gasteiger partial charge >= 0.3 is 0 Å². The van der Waals surface area contributed by atoms with E-state index in [2.05, 4.69) is 9.97 Å². The van der Waals surface area contributed by atoms with Gasteiger partial charge in [0.2, 0.25) is 0 Å². The number of nitrogens with one attached hydrogen (secondary N) is 1. The van der Waals surface area contributed by atoms with Crippen molar-refractivity contribution in [3.63, 3.8) is 0 Å². The molecule has 0 radical (unpaired) electrons. The van der Waals surface area contributed by atoms with Crippen LogP contribution in [0.3, 0.4) is 0 Å². The number of aromatic amines is 1. The molecular weight excluding hydrogens is 404 g/mol. The standard InChI is InChI=1S/C25H16N4O3/c26-12-15-7-9-17(10-8-15)29-22(16-4-3-11-27-13-16)21(24(31)25(29)32)23(30)19-14-28-20-6-2-1-5-18(19)20/h1-11,13-14,22,28,30H/b23-21-. The van der Waals surface area contributed by atoms with Crippen LogP contribution in [0.4, 0.5) is 5.69 Å². The highest BCUT2D eigenvalue weighted by Gasteiger charge is 2.47. The molecule has 4 aromatic rings. The van der Waals surface area contributed by atoms with Crippen molar-refractivity contribution in [1.82, 2.24) is 9.97 Å². The Kier molecular flexibility index (Phi) is 4.53. The second kappa shape index (κ2) is 7.52. The Morgan fingerprint density at radius 2 is 1.84 bits per heavy atom. The van der Waals surface area contributed by atoms with Gasteiger partial charge in [0.15, 0.2) is 0 Å². The number of hydrogen-bond donors (Lipinski definition) is 2. The summed E-state index contributed by atoms with van der Waals surface area (Å²) in [4.78, 5) is 34.9. The molecule has 32 heavy (non-hydrogen) atoms. The zero-order valence-electron chi connectivity index (χ0n) is 16.7. The smallest absolute Gasteiger partial charge is 0.300 e. The van der Waals surface area contributed by atoms with Gasteiger partial charge < -0.3 is 10.1 Å². The first-order chi connectivity index (χ1) is 15.6. The van der Waals surface area contributed by atoms with Crippen molar-refractivity contribution in [3.05, 3.63) is 102 Å². The third-order valence-corrected chi connectivity index (χ3v) is 5.56. The lowest BCUT2D eigenvalue weighted by molar-refractivity contribution is -0.132. The normalized spacial score (nSPS) is 17.6. The molecule has 7 nitrogen and oxygen atoms in total. The van der Waals surface area contributed by atoms with Gasteiger partial charge in [-0.3, -0.25) is 19.5 Å². The first kappa shape index (κ1) is 19.3. The summed E-state index contributed by atoms with van der Waals surface area (Å²) in [5.41, 5.74) is 2.68. The van der Waals surface area contributed by atoms with E-state index in [1.807, 2.05) is 30.3 Å².